The van der Waals surface area contributed by atoms with E-state index in [1.54, 1.807) is 0 Å². The minimum Gasteiger partial charge on any atom is -0.315 e. The number of rotatable bonds is 4. The van der Waals surface area contributed by atoms with Gasteiger partial charge in [-0.3, -0.25) is 0 Å². The Morgan fingerprint density at radius 1 is 1.35 bits per heavy atom. The van der Waals surface area contributed by atoms with Crippen molar-refractivity contribution >= 4 is 22.6 Å². The molecule has 0 aromatic rings. The first-order valence-electron chi connectivity index (χ1n) is 4.83. The Morgan fingerprint density at radius 3 is 2.47 bits per heavy atom. The van der Waals surface area contributed by atoms with Crippen molar-refractivity contribution in [2.45, 2.75) is 25.1 Å². The second-order valence-corrected chi connectivity index (χ2v) is 5.13. The van der Waals surface area contributed by atoms with Crippen molar-refractivity contribution in [3.63, 3.8) is 0 Å². The Morgan fingerprint density at radius 2 is 2.00 bits per heavy atom. The van der Waals surface area contributed by atoms with E-state index in [1.807, 2.05) is 0 Å². The van der Waals surface area contributed by atoms with Gasteiger partial charge in [0.2, 0.25) is 0 Å². The summed E-state index contributed by atoms with van der Waals surface area (Å²) in [5.74, 6) is 0. The molecule has 1 atom stereocenters. The number of hydrogen-bond acceptors (Lipinski definition) is 3. The van der Waals surface area contributed by atoms with Gasteiger partial charge in [0.15, 0.2) is 0 Å². The first kappa shape index (κ1) is 16.9. The van der Waals surface area contributed by atoms with Crippen molar-refractivity contribution in [3.8, 4) is 0 Å². The molecule has 1 heterocycles. The van der Waals surface area contributed by atoms with Crippen LogP contribution < -0.4 is 14.8 Å². The SMILES string of the molecule is Cl.O=S(=O)(NCC(F)(F)F)NC1CCCNC1. The van der Waals surface area contributed by atoms with E-state index in [0.29, 0.717) is 13.0 Å². The predicted molar refractivity (Wildman–Crippen MR) is 59.3 cm³/mol. The summed E-state index contributed by atoms with van der Waals surface area (Å²) in [6.45, 7) is -0.316. The fourth-order valence-electron chi connectivity index (χ4n) is 1.39. The molecule has 17 heavy (non-hydrogen) atoms. The highest BCUT2D eigenvalue weighted by molar-refractivity contribution is 7.87. The zero-order valence-corrected chi connectivity index (χ0v) is 10.5. The van der Waals surface area contributed by atoms with Crippen LogP contribution in [-0.4, -0.2) is 40.3 Å². The van der Waals surface area contributed by atoms with E-state index < -0.39 is 22.9 Å². The maximum Gasteiger partial charge on any atom is 0.402 e. The molecule has 0 radical (unpaired) electrons. The first-order chi connectivity index (χ1) is 7.29. The van der Waals surface area contributed by atoms with Gasteiger partial charge in [-0.1, -0.05) is 0 Å². The van der Waals surface area contributed by atoms with Crippen LogP contribution >= 0.6 is 12.4 Å². The van der Waals surface area contributed by atoms with E-state index in [4.69, 9.17) is 0 Å². The highest BCUT2D eigenvalue weighted by Crippen LogP contribution is 2.12. The largest absolute Gasteiger partial charge is 0.402 e. The summed E-state index contributed by atoms with van der Waals surface area (Å²) in [5.41, 5.74) is 0. The lowest BCUT2D eigenvalue weighted by atomic mass is 10.1. The van der Waals surface area contributed by atoms with E-state index >= 15 is 0 Å². The van der Waals surface area contributed by atoms with Crippen LogP contribution in [0, 0.1) is 0 Å². The lowest BCUT2D eigenvalue weighted by Crippen LogP contribution is -2.50. The molecule has 0 spiro atoms. The first-order valence-corrected chi connectivity index (χ1v) is 6.31. The van der Waals surface area contributed by atoms with Crippen LogP contribution in [0.25, 0.3) is 0 Å². The van der Waals surface area contributed by atoms with Gasteiger partial charge in [-0.15, -0.1) is 12.4 Å². The average Bonchev–Trinajstić information content (AvgIpc) is 2.15. The molecule has 1 rings (SSSR count). The smallest absolute Gasteiger partial charge is 0.315 e. The minimum absolute atomic E-state index is 0. The Bertz CT molecular complexity index is 317. The molecule has 3 N–H and O–H groups in total. The summed E-state index contributed by atoms with van der Waals surface area (Å²) in [7, 11) is -4.07. The highest BCUT2D eigenvalue weighted by atomic mass is 35.5. The van der Waals surface area contributed by atoms with Crippen LogP contribution in [0.1, 0.15) is 12.8 Å². The van der Waals surface area contributed by atoms with Gasteiger partial charge in [0.25, 0.3) is 10.2 Å². The van der Waals surface area contributed by atoms with Gasteiger partial charge in [0.1, 0.15) is 6.54 Å². The highest BCUT2D eigenvalue weighted by Gasteiger charge is 2.30. The molecule has 1 aliphatic rings. The average molecular weight is 298 g/mol. The van der Waals surface area contributed by atoms with Gasteiger partial charge < -0.3 is 5.32 Å². The van der Waals surface area contributed by atoms with Gasteiger partial charge in [-0.05, 0) is 19.4 Å². The molecule has 0 saturated carbocycles. The Hall–Kier alpha value is -0.0900. The van der Waals surface area contributed by atoms with Crippen LogP contribution in [-0.2, 0) is 10.2 Å². The molecule has 0 amide bonds. The number of nitrogens with one attached hydrogen (secondary N) is 3. The van der Waals surface area contributed by atoms with E-state index in [0.717, 1.165) is 13.0 Å². The minimum atomic E-state index is -4.54. The second-order valence-electron chi connectivity index (χ2n) is 3.60. The van der Waals surface area contributed by atoms with Crippen molar-refractivity contribution in [2.24, 2.45) is 0 Å². The van der Waals surface area contributed by atoms with E-state index in [9.17, 15) is 21.6 Å². The van der Waals surface area contributed by atoms with Crippen LogP contribution in [0.3, 0.4) is 0 Å². The molecule has 104 valence electrons. The summed E-state index contributed by atoms with van der Waals surface area (Å²) in [6, 6.07) is -0.348. The topological polar surface area (TPSA) is 70.2 Å². The van der Waals surface area contributed by atoms with Gasteiger partial charge >= 0.3 is 6.18 Å². The Balaban J connectivity index is 0.00000256. The standard InChI is InChI=1S/C7H14F3N3O2S.ClH/c8-7(9,10)5-12-16(14,15)13-6-2-1-3-11-4-6;/h6,11-13H,1-5H2;1H. The molecule has 1 saturated heterocycles. The molecule has 1 fully saturated rings. The molecule has 1 aliphatic heterocycles. The fraction of sp³-hybridized carbons (Fsp3) is 1.00. The van der Waals surface area contributed by atoms with E-state index in [1.165, 1.54) is 4.72 Å². The third kappa shape index (κ3) is 7.77. The monoisotopic (exact) mass is 297 g/mol. The number of halogens is 4. The van der Waals surface area contributed by atoms with Crippen LogP contribution in [0.15, 0.2) is 0 Å². The number of hydrogen-bond donors (Lipinski definition) is 3. The molecule has 0 aromatic carbocycles. The summed E-state index contributed by atoms with van der Waals surface area (Å²) in [4.78, 5) is 0. The molecular weight excluding hydrogens is 283 g/mol. The van der Waals surface area contributed by atoms with Crippen molar-refractivity contribution in [1.29, 1.82) is 0 Å². The molecule has 0 aromatic heterocycles. The van der Waals surface area contributed by atoms with Gasteiger partial charge in [-0.2, -0.15) is 31.0 Å². The van der Waals surface area contributed by atoms with E-state index in [2.05, 4.69) is 10.0 Å². The van der Waals surface area contributed by atoms with Gasteiger partial charge in [0.05, 0.1) is 0 Å². The van der Waals surface area contributed by atoms with Gasteiger partial charge in [-0.25, -0.2) is 0 Å². The van der Waals surface area contributed by atoms with Crippen LogP contribution in [0.4, 0.5) is 13.2 Å². The predicted octanol–water partition coefficient (Wildman–Crippen LogP) is 0.146. The summed E-state index contributed by atoms with van der Waals surface area (Å²) in [6.07, 6.45) is -3.12. The third-order valence-electron chi connectivity index (χ3n) is 2.08. The maximum absolute atomic E-state index is 11.8. The normalized spacial score (nSPS) is 21.9. The number of alkyl halides is 3. The summed E-state index contributed by atoms with van der Waals surface area (Å²) < 4.78 is 61.4. The van der Waals surface area contributed by atoms with Crippen molar-refractivity contribution in [1.82, 2.24) is 14.8 Å². The quantitative estimate of drug-likeness (QED) is 0.692. The molecule has 5 nitrogen and oxygen atoms in total. The molecule has 1 unspecified atom stereocenters. The molecule has 0 bridgehead atoms. The van der Waals surface area contributed by atoms with Gasteiger partial charge in [0, 0.05) is 12.6 Å². The lowest BCUT2D eigenvalue weighted by Gasteiger charge is -2.23. The second kappa shape index (κ2) is 6.74. The zero-order valence-electron chi connectivity index (χ0n) is 8.88. The third-order valence-corrected chi connectivity index (χ3v) is 3.25. The van der Waals surface area contributed by atoms with Crippen LogP contribution in [0.2, 0.25) is 0 Å². The maximum atomic E-state index is 11.8. The van der Waals surface area contributed by atoms with Crippen LogP contribution in [0.5, 0.6) is 0 Å². The molecule has 10 heteroatoms. The Labute approximate surface area is 104 Å². The summed E-state index contributed by atoms with van der Waals surface area (Å²) >= 11 is 0. The van der Waals surface area contributed by atoms with Crippen molar-refractivity contribution < 1.29 is 21.6 Å². The fourth-order valence-corrected chi connectivity index (χ4v) is 2.47. The lowest BCUT2D eigenvalue weighted by molar-refractivity contribution is -0.121. The summed E-state index contributed by atoms with van der Waals surface area (Å²) in [5, 5.41) is 2.95. The molecule has 0 aliphatic carbocycles. The van der Waals surface area contributed by atoms with E-state index in [-0.39, 0.29) is 18.4 Å². The Kier molecular flexibility index (Phi) is 6.70. The number of piperidine rings is 1. The van der Waals surface area contributed by atoms with Crippen molar-refractivity contribution in [3.05, 3.63) is 0 Å². The van der Waals surface area contributed by atoms with Crippen molar-refractivity contribution in [2.75, 3.05) is 19.6 Å². The molecular formula is C7H15ClF3N3O2S. The zero-order chi connectivity index (χ0) is 12.2.